The zero-order chi connectivity index (χ0) is 17.6. The Morgan fingerprint density at radius 3 is 3.08 bits per heavy atom. The summed E-state index contributed by atoms with van der Waals surface area (Å²) in [6, 6.07) is 2.88. The van der Waals surface area contributed by atoms with E-state index in [1.165, 1.54) is 36.3 Å². The molecule has 1 aromatic rings. The van der Waals surface area contributed by atoms with Gasteiger partial charge in [-0.2, -0.15) is 0 Å². The van der Waals surface area contributed by atoms with Crippen molar-refractivity contribution in [1.82, 2.24) is 9.88 Å². The third-order valence-corrected chi connectivity index (χ3v) is 7.10. The number of fused-ring (bicyclic) bond motifs is 2. The van der Waals surface area contributed by atoms with Gasteiger partial charge in [0, 0.05) is 55.4 Å². The van der Waals surface area contributed by atoms with E-state index in [1.54, 1.807) is 0 Å². The minimum atomic E-state index is 0.167. The number of H-pyrrole nitrogens is 1. The normalized spacial score (nSPS) is 36.1. The Morgan fingerprint density at radius 2 is 2.32 bits per heavy atom. The minimum absolute atomic E-state index is 0.167. The number of carbonyl (C=O) groups is 1. The van der Waals surface area contributed by atoms with E-state index in [4.69, 9.17) is 0 Å². The van der Waals surface area contributed by atoms with Crippen LogP contribution in [0.25, 0.3) is 0 Å². The summed E-state index contributed by atoms with van der Waals surface area (Å²) in [7, 11) is 0. The molecule has 25 heavy (non-hydrogen) atoms. The van der Waals surface area contributed by atoms with E-state index >= 15 is 0 Å². The van der Waals surface area contributed by atoms with Crippen LogP contribution in [0.15, 0.2) is 6.07 Å². The smallest absolute Gasteiger partial charge is 0.133 e. The van der Waals surface area contributed by atoms with Crippen molar-refractivity contribution in [2.45, 2.75) is 70.3 Å². The number of ketones is 1. The van der Waals surface area contributed by atoms with E-state index in [0.717, 1.165) is 31.7 Å². The van der Waals surface area contributed by atoms with Gasteiger partial charge in [0.15, 0.2) is 0 Å². The highest BCUT2D eigenvalue weighted by Gasteiger charge is 2.55. The van der Waals surface area contributed by atoms with Gasteiger partial charge in [-0.25, -0.2) is 0 Å². The maximum atomic E-state index is 11.7. The molecule has 5 atom stereocenters. The molecule has 0 amide bonds. The van der Waals surface area contributed by atoms with E-state index in [2.05, 4.69) is 22.9 Å². The van der Waals surface area contributed by atoms with E-state index in [-0.39, 0.29) is 5.41 Å². The molecule has 2 N–H and O–H groups in total. The molecule has 2 saturated heterocycles. The summed E-state index contributed by atoms with van der Waals surface area (Å²) in [6.07, 6.45) is 6.72. The third-order valence-electron chi connectivity index (χ3n) is 7.10. The summed E-state index contributed by atoms with van der Waals surface area (Å²) < 4.78 is 0. The van der Waals surface area contributed by atoms with Crippen LogP contribution in [0.1, 0.15) is 62.9 Å². The second kappa shape index (κ2) is 6.55. The molecule has 4 heterocycles. The highest BCUT2D eigenvalue weighted by Crippen LogP contribution is 2.53. The number of aromatic nitrogens is 1. The quantitative estimate of drug-likeness (QED) is 0.834. The molecule has 5 rings (SSSR count). The number of aromatic amines is 1. The number of piperidine rings is 2. The van der Waals surface area contributed by atoms with Crippen LogP contribution < -0.4 is 0 Å². The summed E-state index contributed by atoms with van der Waals surface area (Å²) in [5.41, 5.74) is 4.31. The molecule has 138 valence electrons. The largest absolute Gasteiger partial charge is 0.396 e. The van der Waals surface area contributed by atoms with Gasteiger partial charge in [-0.3, -0.25) is 9.69 Å². The zero-order valence-corrected chi connectivity index (χ0v) is 15.7. The number of nitrogens with one attached hydrogen (secondary N) is 1. The molecule has 5 unspecified atom stereocenters. The lowest BCUT2D eigenvalue weighted by Crippen LogP contribution is -2.63. The van der Waals surface area contributed by atoms with Gasteiger partial charge in [-0.15, -0.1) is 0 Å². The predicted molar refractivity (Wildman–Crippen MR) is 98.7 cm³/mol. The van der Waals surface area contributed by atoms with Crippen molar-refractivity contribution >= 4 is 5.78 Å². The van der Waals surface area contributed by atoms with Crippen molar-refractivity contribution in [2.75, 3.05) is 19.7 Å². The summed E-state index contributed by atoms with van der Waals surface area (Å²) in [5.74, 6) is 1.72. The van der Waals surface area contributed by atoms with Crippen molar-refractivity contribution in [3.05, 3.63) is 23.0 Å². The van der Waals surface area contributed by atoms with Gasteiger partial charge in [0.1, 0.15) is 5.78 Å². The minimum Gasteiger partial charge on any atom is -0.396 e. The predicted octanol–water partition coefficient (Wildman–Crippen LogP) is 2.83. The second-order valence-corrected chi connectivity index (χ2v) is 8.77. The van der Waals surface area contributed by atoms with Crippen LogP contribution >= 0.6 is 0 Å². The Balaban J connectivity index is 1.64. The Kier molecular flexibility index (Phi) is 4.53. The van der Waals surface area contributed by atoms with Gasteiger partial charge in [-0.05, 0) is 55.6 Å². The van der Waals surface area contributed by atoms with E-state index in [9.17, 15) is 9.90 Å². The first-order valence-electron chi connectivity index (χ1n) is 10.1. The number of aliphatic hydroxyl groups excluding tert-OH is 1. The van der Waals surface area contributed by atoms with Crippen LogP contribution in [0.2, 0.25) is 0 Å². The first-order valence-corrected chi connectivity index (χ1v) is 10.1. The molecule has 4 bridgehead atoms. The maximum absolute atomic E-state index is 11.7. The highest BCUT2D eigenvalue weighted by atomic mass is 16.3. The molecular weight excluding hydrogens is 312 g/mol. The summed E-state index contributed by atoms with van der Waals surface area (Å²) >= 11 is 0. The topological polar surface area (TPSA) is 56.3 Å². The van der Waals surface area contributed by atoms with Crippen LogP contribution in [0.3, 0.4) is 0 Å². The summed E-state index contributed by atoms with van der Waals surface area (Å²) in [6.45, 7) is 7.07. The summed E-state index contributed by atoms with van der Waals surface area (Å²) in [4.78, 5) is 18.2. The highest BCUT2D eigenvalue weighted by molar-refractivity contribution is 5.78. The molecule has 0 aromatic carbocycles. The average Bonchev–Trinajstić information content (AvgIpc) is 2.99. The first kappa shape index (κ1) is 17.3. The van der Waals surface area contributed by atoms with Crippen molar-refractivity contribution in [3.8, 4) is 0 Å². The Labute approximate surface area is 151 Å². The number of hydrogen-bond donors (Lipinski definition) is 2. The molecule has 0 radical (unpaired) electrons. The van der Waals surface area contributed by atoms with Crippen LogP contribution in [0.4, 0.5) is 0 Å². The fourth-order valence-corrected chi connectivity index (χ4v) is 6.20. The molecule has 4 heteroatoms. The van der Waals surface area contributed by atoms with E-state index < -0.39 is 0 Å². The van der Waals surface area contributed by atoms with Gasteiger partial charge in [0.25, 0.3) is 0 Å². The summed E-state index contributed by atoms with van der Waals surface area (Å²) in [5, 5.41) is 9.55. The standard InChI is InChI=1S/C21H32N2O2/c1-3-18(25)5-4-17-11-15-6-8-23-13-14-10-16(7-9-24)20(23)21(2,12-14)19(15)22-17/h11,14,16,20,22,24H,3-10,12-13H2,1-2H3. The van der Waals surface area contributed by atoms with Gasteiger partial charge < -0.3 is 10.1 Å². The second-order valence-electron chi connectivity index (χ2n) is 8.77. The van der Waals surface area contributed by atoms with E-state index in [1.807, 2.05) is 6.92 Å². The number of rotatable bonds is 6. The van der Waals surface area contributed by atoms with Crippen LogP contribution in [0.5, 0.6) is 0 Å². The SMILES string of the molecule is CCC(=O)CCc1cc2c([nH]1)C1(C)CC3CC(CCO)C1N(CC2)C3. The fraction of sp³-hybridized carbons (Fsp3) is 0.762. The average molecular weight is 344 g/mol. The van der Waals surface area contributed by atoms with Gasteiger partial charge in [0.05, 0.1) is 0 Å². The lowest BCUT2D eigenvalue weighted by molar-refractivity contribution is -0.118. The number of hydrogen-bond acceptors (Lipinski definition) is 3. The van der Waals surface area contributed by atoms with Crippen LogP contribution in [0, 0.1) is 11.8 Å². The molecule has 1 aromatic heterocycles. The Hall–Kier alpha value is -1.13. The van der Waals surface area contributed by atoms with Crippen LogP contribution in [-0.4, -0.2) is 46.5 Å². The van der Waals surface area contributed by atoms with E-state index in [0.29, 0.717) is 37.2 Å². The first-order chi connectivity index (χ1) is 12.0. The van der Waals surface area contributed by atoms with Gasteiger partial charge in [-0.1, -0.05) is 13.8 Å². The lowest BCUT2D eigenvalue weighted by Gasteiger charge is -2.58. The van der Waals surface area contributed by atoms with Crippen molar-refractivity contribution in [2.24, 2.45) is 11.8 Å². The molecule has 1 aliphatic carbocycles. The van der Waals surface area contributed by atoms with Crippen molar-refractivity contribution in [3.63, 3.8) is 0 Å². The molecular formula is C21H32N2O2. The molecule has 1 saturated carbocycles. The van der Waals surface area contributed by atoms with Gasteiger partial charge in [0.2, 0.25) is 0 Å². The Morgan fingerprint density at radius 1 is 1.48 bits per heavy atom. The Bertz CT molecular complexity index is 652. The molecule has 4 nitrogen and oxygen atoms in total. The molecule has 0 spiro atoms. The molecule has 3 aliphatic heterocycles. The number of carbonyl (C=O) groups excluding carboxylic acids is 1. The number of nitrogens with zero attached hydrogens (tertiary/aromatic N) is 1. The molecule has 4 aliphatic rings. The van der Waals surface area contributed by atoms with Crippen molar-refractivity contribution in [1.29, 1.82) is 0 Å². The van der Waals surface area contributed by atoms with Crippen molar-refractivity contribution < 1.29 is 9.90 Å². The maximum Gasteiger partial charge on any atom is 0.133 e. The fourth-order valence-electron chi connectivity index (χ4n) is 6.20. The zero-order valence-electron chi connectivity index (χ0n) is 15.7. The van der Waals surface area contributed by atoms with Gasteiger partial charge >= 0.3 is 0 Å². The number of aliphatic hydroxyl groups is 1. The molecule has 3 fully saturated rings. The monoisotopic (exact) mass is 344 g/mol. The lowest BCUT2D eigenvalue weighted by atomic mass is 9.57. The third kappa shape index (κ3) is 2.87. The van der Waals surface area contributed by atoms with Crippen LogP contribution in [-0.2, 0) is 23.1 Å². The number of Topliss-reactive ketones (excluding diaryl/α,β-unsaturated/α-hetero) is 1. The number of aryl methyl sites for hydroxylation is 1.